The number of methoxy groups -OCH3 is 2. The summed E-state index contributed by atoms with van der Waals surface area (Å²) >= 11 is 1.20. The molecule has 0 saturated heterocycles. The lowest BCUT2D eigenvalue weighted by Crippen LogP contribution is -2.31. The van der Waals surface area contributed by atoms with E-state index >= 15 is 0 Å². The first-order chi connectivity index (χ1) is 33.5. The van der Waals surface area contributed by atoms with Gasteiger partial charge in [0.1, 0.15) is 17.7 Å². The molecule has 0 aliphatic rings. The van der Waals surface area contributed by atoms with Crippen LogP contribution in [-0.2, 0) is 52.5 Å². The molecular weight excluding hydrogens is 903 g/mol. The Morgan fingerprint density at radius 1 is 0.667 bits per heavy atom. The maximum Gasteiger partial charge on any atom is 0.373 e. The van der Waals surface area contributed by atoms with Gasteiger partial charge in [0, 0.05) is 51.9 Å². The van der Waals surface area contributed by atoms with E-state index in [1.54, 1.807) is 14.0 Å². The minimum Gasteiger partial charge on any atom is -0.469 e. The number of anilines is 1. The molecular formula is C52H83N5O11S. The van der Waals surface area contributed by atoms with Crippen molar-refractivity contribution in [3.63, 3.8) is 0 Å². The topological polar surface area (TPSA) is 205 Å². The van der Waals surface area contributed by atoms with Crippen LogP contribution in [0.4, 0.5) is 21.4 Å². The zero-order valence-electron chi connectivity index (χ0n) is 43.2. The molecule has 17 heteroatoms. The Labute approximate surface area is 417 Å². The van der Waals surface area contributed by atoms with E-state index in [-0.39, 0.29) is 24.2 Å². The summed E-state index contributed by atoms with van der Waals surface area (Å²) in [7, 11) is 3.06. The number of ether oxygens (including phenoxy) is 5. The minimum atomic E-state index is -0.0898. The van der Waals surface area contributed by atoms with E-state index in [9.17, 15) is 14.9 Å². The van der Waals surface area contributed by atoms with E-state index in [2.05, 4.69) is 64.5 Å². The molecule has 0 amide bonds. The second kappa shape index (κ2) is 52.3. The Morgan fingerprint density at radius 2 is 1.14 bits per heavy atom. The van der Waals surface area contributed by atoms with Crippen LogP contribution in [0, 0.1) is 31.8 Å². The van der Waals surface area contributed by atoms with Gasteiger partial charge >= 0.3 is 24.2 Å². The monoisotopic (exact) mass is 986 g/mol. The van der Waals surface area contributed by atoms with E-state index in [1.165, 1.54) is 102 Å². The van der Waals surface area contributed by atoms with Gasteiger partial charge in [0.25, 0.3) is 0 Å². The molecule has 2 aromatic rings. The van der Waals surface area contributed by atoms with Gasteiger partial charge in [-0.25, -0.2) is 4.85 Å². The van der Waals surface area contributed by atoms with Gasteiger partial charge in [0.15, 0.2) is 0 Å². The fourth-order valence-electron chi connectivity index (χ4n) is 6.27. The summed E-state index contributed by atoms with van der Waals surface area (Å²) in [5.41, 5.74) is 3.89. The molecule has 0 atom stereocenters. The number of carbonyl (C=O) groups is 2. The molecule has 0 spiro atoms. The van der Waals surface area contributed by atoms with Crippen molar-refractivity contribution in [3.8, 4) is 6.07 Å². The van der Waals surface area contributed by atoms with Crippen LogP contribution >= 0.6 is 11.3 Å². The highest BCUT2D eigenvalue weighted by molar-refractivity contribution is 7.20. The van der Waals surface area contributed by atoms with Crippen LogP contribution in [0.25, 0.3) is 4.85 Å². The van der Waals surface area contributed by atoms with Crippen molar-refractivity contribution in [1.29, 1.82) is 5.26 Å². The highest BCUT2D eigenvalue weighted by atomic mass is 32.1. The summed E-state index contributed by atoms with van der Waals surface area (Å²) in [6.45, 7) is 25.0. The smallest absolute Gasteiger partial charge is 0.373 e. The average Bonchev–Trinajstić information content (AvgIpc) is 3.66. The highest BCUT2D eigenvalue weighted by Gasteiger charge is 2.15. The Kier molecular flexibility index (Phi) is 51.6. The molecule has 69 heavy (non-hydrogen) atoms. The van der Waals surface area contributed by atoms with Crippen LogP contribution in [0.5, 0.6) is 0 Å². The lowest BCUT2D eigenvalue weighted by molar-refractivity contribution is -0.193. The molecule has 0 aliphatic heterocycles. The lowest BCUT2D eigenvalue weighted by Gasteiger charge is -2.25. The number of nitriles is 1. The largest absolute Gasteiger partial charge is 0.469 e. The predicted molar refractivity (Wildman–Crippen MR) is 269 cm³/mol. The minimum absolute atomic E-state index is 0.0732. The summed E-state index contributed by atoms with van der Waals surface area (Å²) in [4.78, 5) is 60.2. The third-order valence-corrected chi connectivity index (χ3v) is 11.1. The van der Waals surface area contributed by atoms with Gasteiger partial charge in [0.05, 0.1) is 44.8 Å². The van der Waals surface area contributed by atoms with Crippen molar-refractivity contribution < 1.29 is 52.5 Å². The molecule has 1 aromatic heterocycles. The number of esters is 2. The third kappa shape index (κ3) is 40.5. The third-order valence-electron chi connectivity index (χ3n) is 10.1. The van der Waals surface area contributed by atoms with Gasteiger partial charge in [-0.05, 0) is 68.9 Å². The molecule has 16 nitrogen and oxygen atoms in total. The van der Waals surface area contributed by atoms with Crippen LogP contribution in [0.1, 0.15) is 173 Å². The number of nitrogens with zero attached hydrogens (tertiary/aromatic N) is 5. The van der Waals surface area contributed by atoms with Crippen LogP contribution in [-0.4, -0.2) is 91.2 Å². The quantitative estimate of drug-likeness (QED) is 0.0277. The Bertz CT molecular complexity index is 1740. The first kappa shape index (κ1) is 68.1. The number of carbonyl (C=O) groups excluding carboxylic acids is 6. The zero-order chi connectivity index (χ0) is 52.2. The fourth-order valence-corrected chi connectivity index (χ4v) is 7.14. The Balaban J connectivity index is -0.000000988. The Hall–Kier alpha value is -5.12. The number of unbranched alkanes of at least 4 members (excludes halogenated alkanes) is 14. The van der Waals surface area contributed by atoms with Gasteiger partial charge in [-0.15, -0.1) is 21.6 Å². The number of thiophene rings is 1. The average molecular weight is 986 g/mol. The molecule has 0 saturated carbocycles. The fraction of sp³-hybridized carbons (Fsp3) is 0.692. The lowest BCUT2D eigenvalue weighted by atomic mass is 10.1. The number of azo groups is 1. The van der Waals surface area contributed by atoms with E-state index in [0.29, 0.717) is 60.4 Å². The number of benzene rings is 1. The first-order valence-corrected chi connectivity index (χ1v) is 25.4. The summed E-state index contributed by atoms with van der Waals surface area (Å²) in [5.74, 6) is -0.163. The first-order valence-electron chi connectivity index (χ1n) is 24.5. The molecule has 1 heterocycles. The van der Waals surface area contributed by atoms with Crippen LogP contribution in [0.2, 0.25) is 0 Å². The molecule has 0 aliphatic carbocycles. The molecule has 1 aromatic carbocycles. The normalized spacial score (nSPS) is 9.94. The van der Waals surface area contributed by atoms with Crippen molar-refractivity contribution in [2.45, 2.75) is 170 Å². The van der Waals surface area contributed by atoms with E-state index in [0.717, 1.165) is 75.3 Å². The van der Waals surface area contributed by atoms with Crippen molar-refractivity contribution >= 4 is 57.0 Å². The van der Waals surface area contributed by atoms with Crippen molar-refractivity contribution in [2.24, 2.45) is 10.2 Å². The Morgan fingerprint density at radius 3 is 1.57 bits per heavy atom. The summed E-state index contributed by atoms with van der Waals surface area (Å²) in [6, 6.07) is 8.18. The van der Waals surface area contributed by atoms with E-state index in [1.807, 2.05) is 19.1 Å². The molecule has 2 rings (SSSR count). The van der Waals surface area contributed by atoms with Crippen molar-refractivity contribution in [2.75, 3.05) is 71.9 Å². The van der Waals surface area contributed by atoms with Crippen molar-refractivity contribution in [3.05, 3.63) is 46.3 Å². The van der Waals surface area contributed by atoms with Gasteiger partial charge in [-0.3, -0.25) is 9.59 Å². The predicted octanol–water partition coefficient (Wildman–Crippen LogP) is 13.1. The maximum absolute atomic E-state index is 11.2. The SMILES string of the molecule is CCCCCCCCCCC(=O)OC.CCCCCCCCCCC(=O)OCCOC.O=C=O.O=C=O.[C-]#[N+]c1sc(N=Nc2ccc(N(CCOCCC)CCOCCC)cc2C)c(C#N)c1C. The molecule has 0 radical (unpaired) electrons. The van der Waals surface area contributed by atoms with E-state index in [4.69, 9.17) is 44.7 Å². The number of aryl methyl sites for hydroxylation is 1. The molecule has 0 N–H and O–H groups in total. The molecule has 0 fully saturated rings. The standard InChI is InChI=1S/C24H31N5O2S.C14H28O3.C12H24O2.2CO2/c1-6-12-30-14-10-29(11-15-31-13-7-2)20-8-9-22(18(3)16-20)27-28-24-21(17-25)19(4)23(26-5)32-24;1-3-4-5-6-7-8-9-10-11-14(15)17-13-12-16-2;1-3-4-5-6-7-8-9-10-11-12(13)14-2;2*2-1-3/h8-9,16H,6-7,10-15H2,1-4H3;3-13H2,1-2H3;3-11H2,1-2H3;;. The summed E-state index contributed by atoms with van der Waals surface area (Å²) in [6.07, 6.45) is 23.8. The molecule has 0 unspecified atom stereocenters. The van der Waals surface area contributed by atoms with Gasteiger partial charge < -0.3 is 28.6 Å². The summed E-state index contributed by atoms with van der Waals surface area (Å²) in [5, 5.41) is 19.0. The van der Waals surface area contributed by atoms with Gasteiger partial charge in [0.2, 0.25) is 5.00 Å². The molecule has 388 valence electrons. The summed E-state index contributed by atoms with van der Waals surface area (Å²) < 4.78 is 25.7. The van der Waals surface area contributed by atoms with Gasteiger partial charge in [-0.1, -0.05) is 118 Å². The van der Waals surface area contributed by atoms with Gasteiger partial charge in [-0.2, -0.15) is 24.4 Å². The molecule has 0 bridgehead atoms. The maximum atomic E-state index is 11.2. The number of rotatable bonds is 34. The zero-order valence-corrected chi connectivity index (χ0v) is 44.0. The van der Waals surface area contributed by atoms with E-state index < -0.39 is 0 Å². The van der Waals surface area contributed by atoms with Crippen LogP contribution in [0.3, 0.4) is 0 Å². The number of hydrogen-bond donors (Lipinski definition) is 0. The van der Waals surface area contributed by atoms with Crippen LogP contribution in [0.15, 0.2) is 28.4 Å². The van der Waals surface area contributed by atoms with Crippen molar-refractivity contribution in [1.82, 2.24) is 0 Å². The van der Waals surface area contributed by atoms with Crippen LogP contribution < -0.4 is 4.90 Å². The highest BCUT2D eigenvalue weighted by Crippen LogP contribution is 2.41. The number of hydrogen-bond acceptors (Lipinski definition) is 16. The second-order valence-corrected chi connectivity index (χ2v) is 16.7. The second-order valence-electron chi connectivity index (χ2n) is 15.7.